The van der Waals surface area contributed by atoms with Crippen LogP contribution in [0.25, 0.3) is 0 Å². The smallest absolute Gasteiger partial charge is 0.341 e. The number of fused-ring (bicyclic) bond motifs is 3. The minimum absolute atomic E-state index is 0.194. The summed E-state index contributed by atoms with van der Waals surface area (Å²) in [6.07, 6.45) is 10.4. The van der Waals surface area contributed by atoms with Crippen LogP contribution >= 0.6 is 0 Å². The number of hydrogen-bond donors (Lipinski definition) is 1. The fraction of sp³-hybridized carbons (Fsp3) is 0.733. The van der Waals surface area contributed by atoms with Crippen LogP contribution in [0.5, 0.6) is 0 Å². The van der Waals surface area contributed by atoms with Crippen LogP contribution in [0.1, 0.15) is 32.1 Å². The van der Waals surface area contributed by atoms with Gasteiger partial charge < -0.3 is 9.47 Å². The lowest BCUT2D eigenvalue weighted by Gasteiger charge is -2.42. The second-order valence-corrected chi connectivity index (χ2v) is 6.49. The van der Waals surface area contributed by atoms with Crippen LogP contribution in [0.2, 0.25) is 0 Å². The van der Waals surface area contributed by atoms with E-state index in [2.05, 4.69) is 20.1 Å². The summed E-state index contributed by atoms with van der Waals surface area (Å²) in [6, 6.07) is 1.32. The minimum Gasteiger partial charge on any atom is -0.341 e. The van der Waals surface area contributed by atoms with Crippen molar-refractivity contribution >= 4 is 5.69 Å². The SMILES string of the molecule is Cn1cc(N2CCCN3C4CCCCC4NC23)cnc1=O. The molecule has 0 bridgehead atoms. The van der Waals surface area contributed by atoms with Gasteiger partial charge >= 0.3 is 5.69 Å². The fourth-order valence-electron chi connectivity index (χ4n) is 4.19. The van der Waals surface area contributed by atoms with Gasteiger partial charge in [0.15, 0.2) is 0 Å². The Labute approximate surface area is 124 Å². The van der Waals surface area contributed by atoms with E-state index >= 15 is 0 Å². The average molecular weight is 289 g/mol. The van der Waals surface area contributed by atoms with E-state index in [9.17, 15) is 4.79 Å². The molecule has 1 aromatic heterocycles. The number of nitrogens with one attached hydrogen (secondary N) is 1. The van der Waals surface area contributed by atoms with Crippen LogP contribution in [0.4, 0.5) is 5.69 Å². The van der Waals surface area contributed by atoms with Crippen LogP contribution in [-0.2, 0) is 7.05 Å². The number of anilines is 1. The Kier molecular flexibility index (Phi) is 3.23. The molecule has 6 nitrogen and oxygen atoms in total. The highest BCUT2D eigenvalue weighted by Gasteiger charge is 2.45. The molecular weight excluding hydrogens is 266 g/mol. The van der Waals surface area contributed by atoms with E-state index in [1.807, 2.05) is 6.20 Å². The van der Waals surface area contributed by atoms with Gasteiger partial charge in [-0.05, 0) is 19.3 Å². The molecule has 114 valence electrons. The summed E-state index contributed by atoms with van der Waals surface area (Å²) in [5.74, 6) is 0. The molecule has 1 aliphatic carbocycles. The van der Waals surface area contributed by atoms with Gasteiger partial charge in [-0.1, -0.05) is 12.8 Å². The van der Waals surface area contributed by atoms with Gasteiger partial charge in [-0.3, -0.25) is 10.2 Å². The first-order valence-corrected chi connectivity index (χ1v) is 8.05. The van der Waals surface area contributed by atoms with Gasteiger partial charge in [0.25, 0.3) is 0 Å². The molecule has 0 aromatic carbocycles. The molecule has 0 radical (unpaired) electrons. The first-order chi connectivity index (χ1) is 10.2. The Morgan fingerprint density at radius 3 is 2.95 bits per heavy atom. The van der Waals surface area contributed by atoms with Crippen molar-refractivity contribution in [1.29, 1.82) is 0 Å². The molecule has 0 spiro atoms. The molecule has 0 amide bonds. The zero-order valence-corrected chi connectivity index (χ0v) is 12.5. The maximum absolute atomic E-state index is 11.5. The zero-order valence-electron chi connectivity index (χ0n) is 12.5. The second kappa shape index (κ2) is 5.10. The number of aryl methyl sites for hydroxylation is 1. The van der Waals surface area contributed by atoms with Crippen molar-refractivity contribution in [2.24, 2.45) is 7.05 Å². The van der Waals surface area contributed by atoms with Gasteiger partial charge in [-0.25, -0.2) is 4.79 Å². The Morgan fingerprint density at radius 1 is 1.24 bits per heavy atom. The Hall–Kier alpha value is -1.40. The third-order valence-corrected chi connectivity index (χ3v) is 5.21. The summed E-state index contributed by atoms with van der Waals surface area (Å²) in [5, 5.41) is 3.81. The lowest BCUT2D eigenvalue weighted by Crippen LogP contribution is -2.56. The van der Waals surface area contributed by atoms with E-state index in [-0.39, 0.29) is 12.0 Å². The third-order valence-electron chi connectivity index (χ3n) is 5.21. The second-order valence-electron chi connectivity index (χ2n) is 6.49. The lowest BCUT2D eigenvalue weighted by atomic mass is 9.91. The molecule has 21 heavy (non-hydrogen) atoms. The molecule has 1 aromatic rings. The van der Waals surface area contributed by atoms with E-state index in [4.69, 9.17) is 0 Å². The highest BCUT2D eigenvalue weighted by molar-refractivity contribution is 5.44. The van der Waals surface area contributed by atoms with Crippen LogP contribution in [0.3, 0.4) is 0 Å². The molecule has 3 unspecified atom stereocenters. The van der Waals surface area contributed by atoms with Crippen LogP contribution in [0.15, 0.2) is 17.2 Å². The summed E-state index contributed by atoms with van der Waals surface area (Å²) in [7, 11) is 1.77. The number of aromatic nitrogens is 2. The van der Waals surface area contributed by atoms with Crippen molar-refractivity contribution in [3.8, 4) is 0 Å². The van der Waals surface area contributed by atoms with E-state index in [0.717, 1.165) is 12.2 Å². The van der Waals surface area contributed by atoms with Crippen molar-refractivity contribution in [3.63, 3.8) is 0 Å². The number of hydrogen-bond acceptors (Lipinski definition) is 5. The molecular formula is C15H23N5O. The summed E-state index contributed by atoms with van der Waals surface area (Å²) >= 11 is 0. The van der Waals surface area contributed by atoms with E-state index < -0.39 is 0 Å². The lowest BCUT2D eigenvalue weighted by molar-refractivity contribution is 0.137. The molecule has 2 aliphatic heterocycles. The van der Waals surface area contributed by atoms with Gasteiger partial charge in [0.05, 0.1) is 11.9 Å². The number of nitrogens with zero attached hydrogens (tertiary/aromatic N) is 4. The first kappa shape index (κ1) is 13.3. The van der Waals surface area contributed by atoms with Gasteiger partial charge in [0, 0.05) is 38.4 Å². The van der Waals surface area contributed by atoms with Crippen molar-refractivity contribution in [2.75, 3.05) is 18.0 Å². The molecule has 1 saturated carbocycles. The van der Waals surface area contributed by atoms with Gasteiger partial charge in [-0.15, -0.1) is 0 Å². The van der Waals surface area contributed by atoms with Crippen molar-refractivity contribution in [1.82, 2.24) is 19.8 Å². The molecule has 6 heteroatoms. The fourth-order valence-corrected chi connectivity index (χ4v) is 4.19. The third kappa shape index (κ3) is 2.17. The highest BCUT2D eigenvalue weighted by Crippen LogP contribution is 2.34. The van der Waals surface area contributed by atoms with Gasteiger partial charge in [0.2, 0.25) is 0 Å². The molecule has 3 aliphatic rings. The summed E-state index contributed by atoms with van der Waals surface area (Å²) in [4.78, 5) is 20.5. The minimum atomic E-state index is -0.194. The molecule has 4 rings (SSSR count). The summed E-state index contributed by atoms with van der Waals surface area (Å²) in [6.45, 7) is 2.20. The maximum Gasteiger partial charge on any atom is 0.347 e. The largest absolute Gasteiger partial charge is 0.347 e. The quantitative estimate of drug-likeness (QED) is 0.815. The monoisotopic (exact) mass is 289 g/mol. The van der Waals surface area contributed by atoms with E-state index in [0.29, 0.717) is 12.1 Å². The normalized spacial score (nSPS) is 32.8. The summed E-state index contributed by atoms with van der Waals surface area (Å²) in [5.41, 5.74) is 0.846. The molecule has 3 heterocycles. The van der Waals surface area contributed by atoms with Gasteiger partial charge in [0.1, 0.15) is 6.29 Å². The standard InChI is InChI=1S/C15H23N5O/c1-18-10-11(9-16-15(18)21)19-7-4-8-20-13-6-3-2-5-12(13)17-14(19)20/h9-10,12-14,17H,2-8H2,1H3. The Bertz CT molecular complexity index is 586. The van der Waals surface area contributed by atoms with E-state index in [1.54, 1.807) is 17.8 Å². The Morgan fingerprint density at radius 2 is 2.10 bits per heavy atom. The zero-order chi connectivity index (χ0) is 14.4. The predicted octanol–water partition coefficient (Wildman–Crippen LogP) is 0.490. The average Bonchev–Trinajstić information content (AvgIpc) is 2.89. The van der Waals surface area contributed by atoms with Crippen LogP contribution in [0, 0.1) is 0 Å². The first-order valence-electron chi connectivity index (χ1n) is 8.05. The summed E-state index contributed by atoms with van der Waals surface area (Å²) < 4.78 is 1.57. The van der Waals surface area contributed by atoms with Crippen molar-refractivity contribution in [3.05, 3.63) is 22.9 Å². The number of rotatable bonds is 1. The Balaban J connectivity index is 1.63. The molecule has 2 saturated heterocycles. The van der Waals surface area contributed by atoms with Crippen molar-refractivity contribution < 1.29 is 0 Å². The molecule has 3 atom stereocenters. The molecule has 1 N–H and O–H groups in total. The van der Waals surface area contributed by atoms with E-state index in [1.165, 1.54) is 38.6 Å². The topological polar surface area (TPSA) is 53.4 Å². The molecule has 3 fully saturated rings. The predicted molar refractivity (Wildman–Crippen MR) is 81.1 cm³/mol. The van der Waals surface area contributed by atoms with Crippen molar-refractivity contribution in [2.45, 2.75) is 50.5 Å². The van der Waals surface area contributed by atoms with Gasteiger partial charge in [-0.2, -0.15) is 4.98 Å². The maximum atomic E-state index is 11.5. The van der Waals surface area contributed by atoms with Crippen LogP contribution < -0.4 is 15.9 Å². The highest BCUT2D eigenvalue weighted by atomic mass is 16.1. The van der Waals surface area contributed by atoms with Crippen LogP contribution in [-0.4, -0.2) is 45.9 Å².